The molecule has 1 aliphatic rings. The maximum absolute atomic E-state index is 4.70. The number of aromatic nitrogens is 2. The van der Waals surface area contributed by atoms with Crippen molar-refractivity contribution in [3.05, 3.63) is 78.5 Å². The van der Waals surface area contributed by atoms with Crippen LogP contribution >= 0.6 is 0 Å². The standard InChI is InChI=1S/C23H28N4/c1-18-15-21(16-19(2)26(18)17-20-9-5-3-6-10-20)24-23-13-14-27(25-23)22-11-7-4-8-12-22/h3-14,18-19,21H,15-17H2,1-2H3,(H,24,25). The van der Waals surface area contributed by atoms with E-state index in [2.05, 4.69) is 72.6 Å². The summed E-state index contributed by atoms with van der Waals surface area (Å²) in [5.41, 5.74) is 2.48. The molecule has 1 saturated heterocycles. The van der Waals surface area contributed by atoms with Crippen molar-refractivity contribution in [3.63, 3.8) is 0 Å². The van der Waals surface area contributed by atoms with E-state index >= 15 is 0 Å². The van der Waals surface area contributed by atoms with Gasteiger partial charge in [-0.1, -0.05) is 48.5 Å². The molecule has 0 radical (unpaired) electrons. The zero-order valence-corrected chi connectivity index (χ0v) is 16.1. The molecule has 0 amide bonds. The van der Waals surface area contributed by atoms with Crippen LogP contribution in [-0.2, 0) is 6.54 Å². The van der Waals surface area contributed by atoms with Crippen LogP contribution in [0.4, 0.5) is 5.82 Å². The maximum Gasteiger partial charge on any atom is 0.148 e. The van der Waals surface area contributed by atoms with E-state index < -0.39 is 0 Å². The Hall–Kier alpha value is -2.59. The van der Waals surface area contributed by atoms with E-state index in [-0.39, 0.29) is 0 Å². The lowest BCUT2D eigenvalue weighted by molar-refractivity contribution is 0.0883. The molecule has 4 nitrogen and oxygen atoms in total. The molecule has 27 heavy (non-hydrogen) atoms. The zero-order chi connectivity index (χ0) is 18.6. The summed E-state index contributed by atoms with van der Waals surface area (Å²) >= 11 is 0. The highest BCUT2D eigenvalue weighted by molar-refractivity contribution is 5.38. The highest BCUT2D eigenvalue weighted by Gasteiger charge is 2.31. The van der Waals surface area contributed by atoms with Crippen LogP contribution in [0, 0.1) is 0 Å². The first kappa shape index (κ1) is 17.8. The van der Waals surface area contributed by atoms with E-state index in [4.69, 9.17) is 5.10 Å². The summed E-state index contributed by atoms with van der Waals surface area (Å²) in [6.45, 7) is 5.71. The Kier molecular flexibility index (Phi) is 5.26. The third-order valence-corrected chi connectivity index (χ3v) is 5.55. The average Bonchev–Trinajstić information content (AvgIpc) is 3.15. The van der Waals surface area contributed by atoms with Gasteiger partial charge >= 0.3 is 0 Å². The van der Waals surface area contributed by atoms with Crippen LogP contribution < -0.4 is 5.32 Å². The largest absolute Gasteiger partial charge is 0.366 e. The van der Waals surface area contributed by atoms with Gasteiger partial charge in [-0.3, -0.25) is 4.90 Å². The summed E-state index contributed by atoms with van der Waals surface area (Å²) < 4.78 is 1.93. The predicted octanol–water partition coefficient (Wildman–Crippen LogP) is 4.73. The molecular formula is C23H28N4. The van der Waals surface area contributed by atoms with Gasteiger partial charge in [0.15, 0.2) is 0 Å². The fourth-order valence-corrected chi connectivity index (χ4v) is 4.18. The van der Waals surface area contributed by atoms with Gasteiger partial charge in [0.25, 0.3) is 0 Å². The van der Waals surface area contributed by atoms with E-state index in [1.807, 2.05) is 29.1 Å². The summed E-state index contributed by atoms with van der Waals surface area (Å²) in [6.07, 6.45) is 4.29. The second-order valence-electron chi connectivity index (χ2n) is 7.65. The highest BCUT2D eigenvalue weighted by Crippen LogP contribution is 2.27. The molecule has 140 valence electrons. The Morgan fingerprint density at radius 3 is 2.19 bits per heavy atom. The second-order valence-corrected chi connectivity index (χ2v) is 7.65. The van der Waals surface area contributed by atoms with E-state index in [0.29, 0.717) is 18.1 Å². The molecule has 2 atom stereocenters. The Labute approximate surface area is 161 Å². The molecule has 2 heterocycles. The number of hydrogen-bond acceptors (Lipinski definition) is 3. The number of nitrogens with zero attached hydrogens (tertiary/aromatic N) is 3. The van der Waals surface area contributed by atoms with Crippen LogP contribution in [0.25, 0.3) is 5.69 Å². The number of benzene rings is 2. The number of hydrogen-bond donors (Lipinski definition) is 1. The van der Waals surface area contributed by atoms with Crippen molar-refractivity contribution in [1.29, 1.82) is 0 Å². The molecule has 4 heteroatoms. The smallest absolute Gasteiger partial charge is 0.148 e. The van der Waals surface area contributed by atoms with Gasteiger partial charge in [0.1, 0.15) is 5.82 Å². The predicted molar refractivity (Wildman–Crippen MR) is 111 cm³/mol. The Bertz CT molecular complexity index is 831. The number of nitrogens with one attached hydrogen (secondary N) is 1. The molecule has 1 aliphatic heterocycles. The van der Waals surface area contributed by atoms with Gasteiger partial charge in [-0.05, 0) is 44.4 Å². The number of likely N-dealkylation sites (tertiary alicyclic amines) is 1. The fourth-order valence-electron chi connectivity index (χ4n) is 4.18. The topological polar surface area (TPSA) is 33.1 Å². The minimum atomic E-state index is 0.459. The summed E-state index contributed by atoms with van der Waals surface area (Å²) in [5, 5.41) is 8.36. The van der Waals surface area contributed by atoms with Gasteiger partial charge in [-0.2, -0.15) is 5.10 Å². The zero-order valence-electron chi connectivity index (χ0n) is 16.1. The lowest BCUT2D eigenvalue weighted by Crippen LogP contribution is -2.49. The normalized spacial score (nSPS) is 23.3. The first-order chi connectivity index (χ1) is 13.2. The van der Waals surface area contributed by atoms with Crippen molar-refractivity contribution in [1.82, 2.24) is 14.7 Å². The summed E-state index contributed by atoms with van der Waals surface area (Å²) in [6, 6.07) is 24.6. The maximum atomic E-state index is 4.70. The van der Waals surface area contributed by atoms with Crippen LogP contribution in [0.15, 0.2) is 72.9 Å². The molecule has 4 rings (SSSR count). The van der Waals surface area contributed by atoms with E-state index in [1.165, 1.54) is 5.56 Å². The van der Waals surface area contributed by atoms with Crippen molar-refractivity contribution in [2.45, 2.75) is 51.4 Å². The van der Waals surface area contributed by atoms with Gasteiger partial charge in [0.05, 0.1) is 5.69 Å². The van der Waals surface area contributed by atoms with E-state index in [0.717, 1.165) is 30.9 Å². The molecule has 1 aromatic heterocycles. The quantitative estimate of drug-likeness (QED) is 0.714. The van der Waals surface area contributed by atoms with Crippen LogP contribution in [0.5, 0.6) is 0 Å². The van der Waals surface area contributed by atoms with Gasteiger partial charge in [0, 0.05) is 36.9 Å². The van der Waals surface area contributed by atoms with Crippen molar-refractivity contribution < 1.29 is 0 Å². The van der Waals surface area contributed by atoms with Crippen LogP contribution in [0.2, 0.25) is 0 Å². The minimum Gasteiger partial charge on any atom is -0.366 e. The Morgan fingerprint density at radius 2 is 1.52 bits per heavy atom. The molecule has 0 spiro atoms. The Morgan fingerprint density at radius 1 is 0.889 bits per heavy atom. The Balaban J connectivity index is 1.38. The summed E-state index contributed by atoms with van der Waals surface area (Å²) in [7, 11) is 0. The van der Waals surface area contributed by atoms with Crippen LogP contribution in [0.3, 0.4) is 0 Å². The third kappa shape index (κ3) is 4.22. The van der Waals surface area contributed by atoms with Crippen molar-refractivity contribution >= 4 is 5.82 Å². The number of rotatable bonds is 5. The lowest BCUT2D eigenvalue weighted by Gasteiger charge is -2.43. The van der Waals surface area contributed by atoms with Crippen molar-refractivity contribution in [2.24, 2.45) is 0 Å². The minimum absolute atomic E-state index is 0.459. The molecule has 3 aromatic rings. The highest BCUT2D eigenvalue weighted by atomic mass is 15.3. The van der Waals surface area contributed by atoms with Gasteiger partial charge < -0.3 is 5.32 Å². The van der Waals surface area contributed by atoms with Gasteiger partial charge in [-0.25, -0.2) is 4.68 Å². The van der Waals surface area contributed by atoms with Crippen molar-refractivity contribution in [3.8, 4) is 5.69 Å². The fraction of sp³-hybridized carbons (Fsp3) is 0.348. The van der Waals surface area contributed by atoms with Crippen LogP contribution in [0.1, 0.15) is 32.3 Å². The third-order valence-electron chi connectivity index (χ3n) is 5.55. The molecule has 2 unspecified atom stereocenters. The molecule has 2 aromatic carbocycles. The number of anilines is 1. The molecule has 0 bridgehead atoms. The molecule has 0 saturated carbocycles. The number of para-hydroxylation sites is 1. The second kappa shape index (κ2) is 7.97. The van der Waals surface area contributed by atoms with E-state index in [9.17, 15) is 0 Å². The van der Waals surface area contributed by atoms with E-state index in [1.54, 1.807) is 0 Å². The molecule has 1 fully saturated rings. The lowest BCUT2D eigenvalue weighted by atomic mass is 9.92. The first-order valence-corrected chi connectivity index (χ1v) is 9.86. The summed E-state index contributed by atoms with van der Waals surface area (Å²) in [5.74, 6) is 0.958. The SMILES string of the molecule is CC1CC(Nc2ccn(-c3ccccc3)n2)CC(C)N1Cc1ccccc1. The average molecular weight is 361 g/mol. The van der Waals surface area contributed by atoms with Crippen LogP contribution in [-0.4, -0.2) is 32.8 Å². The molecular weight excluding hydrogens is 332 g/mol. The molecule has 1 N–H and O–H groups in total. The summed E-state index contributed by atoms with van der Waals surface area (Å²) in [4.78, 5) is 2.62. The number of piperidine rings is 1. The monoisotopic (exact) mass is 360 g/mol. The first-order valence-electron chi connectivity index (χ1n) is 9.86. The molecule has 0 aliphatic carbocycles. The van der Waals surface area contributed by atoms with Gasteiger partial charge in [-0.15, -0.1) is 0 Å². The van der Waals surface area contributed by atoms with Gasteiger partial charge in [0.2, 0.25) is 0 Å². The van der Waals surface area contributed by atoms with Crippen molar-refractivity contribution in [2.75, 3.05) is 5.32 Å².